The van der Waals surface area contributed by atoms with Gasteiger partial charge in [-0.25, -0.2) is 0 Å². The van der Waals surface area contributed by atoms with E-state index in [0.717, 1.165) is 0 Å². The topological polar surface area (TPSA) is 3.24 Å². The van der Waals surface area contributed by atoms with Gasteiger partial charge in [-0.05, 0) is 90.4 Å². The maximum atomic E-state index is 4.81. The molecule has 33 heavy (non-hydrogen) atoms. The van der Waals surface area contributed by atoms with Gasteiger partial charge in [-0.3, -0.25) is 0 Å². The third-order valence-electron chi connectivity index (χ3n) is 5.15. The summed E-state index contributed by atoms with van der Waals surface area (Å²) in [5, 5.41) is 2.82. The first-order chi connectivity index (χ1) is 15.5. The zero-order valence-electron chi connectivity index (χ0n) is 19.2. The molecule has 4 rings (SSSR count). The fraction of sp³-hybridized carbons (Fsp3) is 0.185. The average Bonchev–Trinajstić information content (AvgIpc) is 3.48. The molecule has 0 saturated heterocycles. The molecule has 2 fully saturated rings. The summed E-state index contributed by atoms with van der Waals surface area (Å²) in [5.41, 5.74) is 1.47. The zero-order chi connectivity index (χ0) is 23.3. The van der Waals surface area contributed by atoms with Gasteiger partial charge in [-0.2, -0.15) is 0 Å². The number of hydrogen-bond donors (Lipinski definition) is 0. The fourth-order valence-electron chi connectivity index (χ4n) is 3.31. The summed E-state index contributed by atoms with van der Waals surface area (Å²) >= 11 is -0.106. The molecule has 0 spiro atoms. The number of halogens is 2. The van der Waals surface area contributed by atoms with E-state index in [1.165, 1.54) is 28.1 Å². The van der Waals surface area contributed by atoms with Gasteiger partial charge < -0.3 is 4.90 Å². The third kappa shape index (κ3) is 10.6. The maximum absolute atomic E-state index is 4.81. The van der Waals surface area contributed by atoms with E-state index >= 15 is 0 Å². The van der Waals surface area contributed by atoms with Crippen molar-refractivity contribution in [3.63, 3.8) is 0 Å². The summed E-state index contributed by atoms with van der Waals surface area (Å²) in [6.45, 7) is 4.36. The van der Waals surface area contributed by atoms with Crippen LogP contribution in [-0.2, 0) is 33.0 Å². The van der Waals surface area contributed by atoms with Crippen LogP contribution >= 0.6 is 27.0 Å². The van der Waals surface area contributed by atoms with Gasteiger partial charge in [0.05, 0.1) is 0 Å². The van der Waals surface area contributed by atoms with Crippen molar-refractivity contribution in [3.05, 3.63) is 123 Å². The van der Waals surface area contributed by atoms with E-state index in [0.29, 0.717) is 6.04 Å². The van der Waals surface area contributed by atoms with Crippen LogP contribution in [0, 0.1) is 62.4 Å². The molecular weight excluding hydrogens is 602 g/mol. The second kappa shape index (κ2) is 17.9. The van der Waals surface area contributed by atoms with Crippen molar-refractivity contribution in [1.29, 1.82) is 0 Å². The molecular formula is C27H30Cl2FeNPPd. The van der Waals surface area contributed by atoms with Crippen molar-refractivity contribution < 1.29 is 33.0 Å². The second-order valence-corrected chi connectivity index (χ2v) is 12.1. The molecule has 0 N–H and O–H groups in total. The molecule has 0 aliphatic heterocycles. The first kappa shape index (κ1) is 31.6. The molecule has 0 heterocycles. The van der Waals surface area contributed by atoms with Gasteiger partial charge >= 0.3 is 35.0 Å². The Hall–Kier alpha value is 0.592. The summed E-state index contributed by atoms with van der Waals surface area (Å²) in [6.07, 6.45) is 15.0. The van der Waals surface area contributed by atoms with Crippen LogP contribution in [0.15, 0.2) is 60.7 Å². The molecule has 180 valence electrons. The Bertz CT molecular complexity index is 692. The Morgan fingerprint density at radius 3 is 1.58 bits per heavy atom. The molecule has 2 aliphatic carbocycles. The van der Waals surface area contributed by atoms with Crippen LogP contribution in [0.1, 0.15) is 13.8 Å². The van der Waals surface area contributed by atoms with Crippen molar-refractivity contribution in [2.75, 3.05) is 14.1 Å². The Kier molecular flexibility index (Phi) is 17.2. The number of rotatable bonds is 5. The molecule has 2 saturated carbocycles. The van der Waals surface area contributed by atoms with Gasteiger partial charge in [0.1, 0.15) is 0 Å². The van der Waals surface area contributed by atoms with E-state index in [1.54, 1.807) is 0 Å². The van der Waals surface area contributed by atoms with E-state index < -0.39 is 7.92 Å². The van der Waals surface area contributed by atoms with Crippen molar-refractivity contribution in [2.24, 2.45) is 0 Å². The SMILES string of the molecule is C[C@H]([C]1[CH][CH][CH][C]1P(c1ccccc1)c1ccccc1)N(C)C.C[C]1[CH][CH][CH][CH]1.[Cl][Pd][Cl].[Fe]. The standard InChI is InChI=1S/C21H23NP.C6H7.2ClH.Fe.Pd/c1-17(22(2)3)20-15-10-16-21(20)23(18-11-6-4-7-12-18)19-13-8-5-9-14-19;1-6-4-2-3-5-6;;;;/h4-17H,1-3H3;2-5H,1H3;2*1H;;/q;;;;;+2/p-2/t17-;;;;;/m1...../s1. The van der Waals surface area contributed by atoms with Gasteiger partial charge in [0.25, 0.3) is 0 Å². The number of nitrogens with zero attached hydrogens (tertiary/aromatic N) is 1. The van der Waals surface area contributed by atoms with Crippen LogP contribution in [0.5, 0.6) is 0 Å². The van der Waals surface area contributed by atoms with E-state index in [4.69, 9.17) is 19.1 Å². The number of hydrogen-bond acceptors (Lipinski definition) is 1. The Morgan fingerprint density at radius 1 is 0.758 bits per heavy atom. The Labute approximate surface area is 231 Å². The first-order valence-electron chi connectivity index (χ1n) is 10.3. The molecule has 6 heteroatoms. The predicted molar refractivity (Wildman–Crippen MR) is 139 cm³/mol. The predicted octanol–water partition coefficient (Wildman–Crippen LogP) is 6.59. The molecule has 0 bridgehead atoms. The normalized spacial score (nSPS) is 17.8. The quantitative estimate of drug-likeness (QED) is 0.266. The summed E-state index contributed by atoms with van der Waals surface area (Å²) in [4.78, 5) is 2.28. The summed E-state index contributed by atoms with van der Waals surface area (Å²) in [7, 11) is 13.4. The molecule has 2 aromatic rings. The van der Waals surface area contributed by atoms with Gasteiger partial charge in [0.2, 0.25) is 0 Å². The van der Waals surface area contributed by atoms with Crippen molar-refractivity contribution in [1.82, 2.24) is 4.90 Å². The summed E-state index contributed by atoms with van der Waals surface area (Å²) in [5.74, 6) is 2.78. The van der Waals surface area contributed by atoms with E-state index in [9.17, 15) is 0 Å². The molecule has 0 amide bonds. The monoisotopic (exact) mass is 631 g/mol. The van der Waals surface area contributed by atoms with E-state index in [1.807, 2.05) is 12.8 Å². The maximum Gasteiger partial charge on any atom is 0 e. The molecule has 10 radical (unpaired) electrons. The molecule has 0 unspecified atom stereocenters. The smallest absolute Gasteiger partial charge is 0 e. The number of benzene rings is 2. The molecule has 2 aromatic carbocycles. The molecule has 1 nitrogen and oxygen atoms in total. The summed E-state index contributed by atoms with van der Waals surface area (Å²) in [6, 6.07) is 22.2. The van der Waals surface area contributed by atoms with Crippen LogP contribution in [-0.4, -0.2) is 25.0 Å². The Balaban J connectivity index is 0.000000460. The van der Waals surface area contributed by atoms with Gasteiger partial charge in [0, 0.05) is 34.7 Å². The van der Waals surface area contributed by atoms with Crippen LogP contribution in [0.2, 0.25) is 0 Å². The van der Waals surface area contributed by atoms with Crippen LogP contribution in [0.25, 0.3) is 0 Å². The molecule has 2 aliphatic rings. The molecule has 0 aromatic heterocycles. The van der Waals surface area contributed by atoms with Crippen molar-refractivity contribution >= 4 is 37.6 Å². The largest absolute Gasteiger partial charge is 0 e. The van der Waals surface area contributed by atoms with Crippen LogP contribution in [0.4, 0.5) is 0 Å². The van der Waals surface area contributed by atoms with Crippen LogP contribution < -0.4 is 10.6 Å². The Morgan fingerprint density at radius 2 is 1.21 bits per heavy atom. The second-order valence-electron chi connectivity index (χ2n) is 7.52. The minimum atomic E-state index is -0.514. The van der Waals surface area contributed by atoms with Crippen molar-refractivity contribution in [2.45, 2.75) is 19.9 Å². The van der Waals surface area contributed by atoms with Gasteiger partial charge in [-0.15, -0.1) is 0 Å². The average molecular weight is 633 g/mol. The first-order valence-corrected chi connectivity index (χ1v) is 15.7. The van der Waals surface area contributed by atoms with E-state index in [2.05, 4.69) is 126 Å². The van der Waals surface area contributed by atoms with Crippen LogP contribution in [0.3, 0.4) is 0 Å². The van der Waals surface area contributed by atoms with Gasteiger partial charge in [-0.1, -0.05) is 67.6 Å². The molecule has 1 atom stereocenters. The zero-order valence-corrected chi connectivity index (χ0v) is 24.3. The van der Waals surface area contributed by atoms with Crippen molar-refractivity contribution in [3.8, 4) is 0 Å². The summed E-state index contributed by atoms with van der Waals surface area (Å²) < 4.78 is 0. The van der Waals surface area contributed by atoms with Gasteiger partial charge in [0.15, 0.2) is 0 Å². The third-order valence-corrected chi connectivity index (χ3v) is 7.67. The minimum Gasteiger partial charge on any atom is 0 e. The van der Waals surface area contributed by atoms with E-state index in [-0.39, 0.29) is 33.0 Å². The minimum absolute atomic E-state index is 0. The fourth-order valence-corrected chi connectivity index (χ4v) is 5.86.